The fourth-order valence-electron chi connectivity index (χ4n) is 5.21. The van der Waals surface area contributed by atoms with E-state index in [0.717, 1.165) is 29.9 Å². The van der Waals surface area contributed by atoms with Crippen LogP contribution in [0.1, 0.15) is 80.5 Å². The van der Waals surface area contributed by atoms with Crippen LogP contribution in [0.25, 0.3) is 17.0 Å². The summed E-state index contributed by atoms with van der Waals surface area (Å²) in [7, 11) is 3.99. The number of halogens is 5. The lowest BCUT2D eigenvalue weighted by molar-refractivity contribution is 0.377. The van der Waals surface area contributed by atoms with Gasteiger partial charge in [0.15, 0.2) is 6.30 Å². The number of aliphatic imine (C=N–C) groups is 1. The van der Waals surface area contributed by atoms with E-state index in [1.54, 1.807) is 24.3 Å². The molecule has 0 aliphatic rings. The molecule has 0 fully saturated rings. The first kappa shape index (κ1) is 49.3. The molecule has 0 saturated heterocycles. The molecular weight excluding hydrogens is 718 g/mol. The Morgan fingerprint density at radius 3 is 2.13 bits per heavy atom. The molecule has 0 spiro atoms. The summed E-state index contributed by atoms with van der Waals surface area (Å²) in [6, 6.07) is 13.6. The number of hydrogen-bond donors (Lipinski definition) is 4. The van der Waals surface area contributed by atoms with Crippen molar-refractivity contribution >= 4 is 29.2 Å². The fraction of sp³-hybridized carbons (Fsp3) is 0.333. The van der Waals surface area contributed by atoms with E-state index in [4.69, 9.17) is 32.2 Å². The summed E-state index contributed by atoms with van der Waals surface area (Å²) in [5.74, 6) is -2.05. The topological polar surface area (TPSA) is 119 Å². The minimum Gasteiger partial charge on any atom is -0.495 e. The molecule has 0 bridgehead atoms. The molecule has 0 saturated carbocycles. The summed E-state index contributed by atoms with van der Waals surface area (Å²) in [4.78, 5) is 8.74. The molecule has 296 valence electrons. The van der Waals surface area contributed by atoms with Gasteiger partial charge < -0.3 is 26.6 Å². The van der Waals surface area contributed by atoms with Crippen molar-refractivity contribution in [2.45, 2.75) is 66.6 Å². The summed E-state index contributed by atoms with van der Waals surface area (Å²) in [5.41, 5.74) is 16.4. The first-order valence-electron chi connectivity index (χ1n) is 17.4. The quantitative estimate of drug-likeness (QED) is 0.0301. The highest BCUT2D eigenvalue weighted by molar-refractivity contribution is 6.31. The molecule has 6 N–H and O–H groups in total. The van der Waals surface area contributed by atoms with Crippen molar-refractivity contribution in [3.05, 3.63) is 130 Å². The van der Waals surface area contributed by atoms with Gasteiger partial charge in [0.05, 0.1) is 29.2 Å². The van der Waals surface area contributed by atoms with Gasteiger partial charge in [-0.1, -0.05) is 57.0 Å². The summed E-state index contributed by atoms with van der Waals surface area (Å²) in [5, 5.41) is 10.3. The highest BCUT2D eigenvalue weighted by Crippen LogP contribution is 2.35. The smallest absolute Gasteiger partial charge is 0.187 e. The number of alkyl halides is 1. The van der Waals surface area contributed by atoms with Gasteiger partial charge >= 0.3 is 0 Å². The maximum absolute atomic E-state index is 15.1. The lowest BCUT2D eigenvalue weighted by Crippen LogP contribution is -2.23. The predicted octanol–water partition coefficient (Wildman–Crippen LogP) is 10.2. The first-order chi connectivity index (χ1) is 25.9. The van der Waals surface area contributed by atoms with Crippen LogP contribution in [0.2, 0.25) is 5.02 Å². The van der Waals surface area contributed by atoms with E-state index in [2.05, 4.69) is 43.0 Å². The molecule has 0 aliphatic heterocycles. The summed E-state index contributed by atoms with van der Waals surface area (Å²) >= 11 is 6.06. The molecular formula is C42H56ClF4N5O2. The number of nitrogens with one attached hydrogen (secondary N) is 1. The van der Waals surface area contributed by atoms with Crippen LogP contribution in [-0.2, 0) is 6.42 Å². The van der Waals surface area contributed by atoms with Crippen LogP contribution in [0.15, 0.2) is 78.8 Å². The van der Waals surface area contributed by atoms with Gasteiger partial charge in [-0.15, -0.1) is 13.2 Å². The number of anilines is 1. The number of nitrogen functional groups attached to an aromatic ring is 1. The lowest BCUT2D eigenvalue weighted by atomic mass is 9.91. The van der Waals surface area contributed by atoms with Gasteiger partial charge in [-0.3, -0.25) is 9.98 Å². The van der Waals surface area contributed by atoms with Gasteiger partial charge in [-0.2, -0.15) is 0 Å². The van der Waals surface area contributed by atoms with E-state index in [9.17, 15) is 13.2 Å². The van der Waals surface area contributed by atoms with Crippen LogP contribution >= 0.6 is 11.6 Å². The van der Waals surface area contributed by atoms with Crippen molar-refractivity contribution in [3.8, 4) is 17.0 Å². The van der Waals surface area contributed by atoms with Gasteiger partial charge in [0.1, 0.15) is 23.2 Å². The predicted molar refractivity (Wildman–Crippen MR) is 220 cm³/mol. The number of aromatic nitrogens is 1. The van der Waals surface area contributed by atoms with Crippen molar-refractivity contribution in [1.82, 2.24) is 10.3 Å². The minimum absolute atomic E-state index is 0.0916. The van der Waals surface area contributed by atoms with Gasteiger partial charge in [0, 0.05) is 54.2 Å². The number of ether oxygens (including phenoxy) is 1. The molecule has 12 heteroatoms. The van der Waals surface area contributed by atoms with Crippen LogP contribution in [0.5, 0.6) is 5.75 Å². The number of pyridine rings is 1. The molecule has 4 aromatic rings. The zero-order valence-corrected chi connectivity index (χ0v) is 33.6. The van der Waals surface area contributed by atoms with E-state index >= 15 is 4.39 Å². The maximum atomic E-state index is 15.1. The second-order valence-corrected chi connectivity index (χ2v) is 11.6. The molecule has 54 heavy (non-hydrogen) atoms. The zero-order chi connectivity index (χ0) is 41.5. The highest BCUT2D eigenvalue weighted by atomic mass is 35.5. The third-order valence-corrected chi connectivity index (χ3v) is 7.81. The molecule has 0 radical (unpaired) electrons. The number of rotatable bonds is 11. The molecule has 2 atom stereocenters. The number of benzene rings is 3. The van der Waals surface area contributed by atoms with Gasteiger partial charge in [-0.25, -0.2) is 17.6 Å². The Kier molecular flexibility index (Phi) is 23.8. The second-order valence-electron chi connectivity index (χ2n) is 11.2. The van der Waals surface area contributed by atoms with Crippen molar-refractivity contribution in [3.63, 3.8) is 0 Å². The van der Waals surface area contributed by atoms with Crippen LogP contribution in [0, 0.1) is 24.4 Å². The highest BCUT2D eigenvalue weighted by Gasteiger charge is 2.23. The lowest BCUT2D eigenvalue weighted by Gasteiger charge is -2.23. The normalized spacial score (nSPS) is 11.7. The largest absolute Gasteiger partial charge is 0.495 e. The number of aliphatic hydroxyl groups excluding tert-OH is 1. The average Bonchev–Trinajstić information content (AvgIpc) is 3.17. The second kappa shape index (κ2) is 26.1. The Balaban J connectivity index is 0.00000288. The number of nitrogens with two attached hydrogens (primary N) is 2. The molecule has 0 aliphatic carbocycles. The third-order valence-electron chi connectivity index (χ3n) is 7.52. The first-order valence-corrected chi connectivity index (χ1v) is 17.7. The standard InChI is InChI=1S/C35H35ClF4N4O.C3H8.C2H4.CH5N.CH4O/c1-6-25-19(3)12-32(44-35(25)26-15-28(36)30(40)16-29(26)39)27(21-8-10-24(38)11-9-21)18-43-31(7-2)22-13-23(17-42-20(4)37)34(41)33(14-22)45-5;1-3-2;3*1-2/h7-17,20,27,43H,6,18,41H2,1-5H3;3H2,1-2H3;1-2H2;2H2,1H3;2H,1H3/b31-7-,42-17+;;;;. The Bertz CT molecular complexity index is 1780. The zero-order valence-electron chi connectivity index (χ0n) is 32.8. The molecule has 0 amide bonds. The van der Waals surface area contributed by atoms with E-state index in [1.165, 1.54) is 51.9 Å². The van der Waals surface area contributed by atoms with E-state index in [1.807, 2.05) is 32.9 Å². The molecule has 4 rings (SSSR count). The molecule has 2 unspecified atom stereocenters. The van der Waals surface area contributed by atoms with Crippen molar-refractivity contribution in [2.24, 2.45) is 10.7 Å². The molecule has 1 heterocycles. The third kappa shape index (κ3) is 13.9. The Morgan fingerprint density at radius 1 is 1.02 bits per heavy atom. The monoisotopic (exact) mass is 773 g/mol. The average molecular weight is 774 g/mol. The van der Waals surface area contributed by atoms with Gasteiger partial charge in [-0.05, 0) is 87.3 Å². The number of allylic oxidation sites excluding steroid dienone is 1. The number of methoxy groups -OCH3 is 1. The maximum Gasteiger partial charge on any atom is 0.187 e. The van der Waals surface area contributed by atoms with E-state index in [-0.39, 0.29) is 16.4 Å². The Hall–Kier alpha value is -4.71. The van der Waals surface area contributed by atoms with Crippen LogP contribution in [0.3, 0.4) is 0 Å². The fourth-order valence-corrected chi connectivity index (χ4v) is 5.37. The van der Waals surface area contributed by atoms with Gasteiger partial charge in [0.2, 0.25) is 0 Å². The van der Waals surface area contributed by atoms with Crippen molar-refractivity contribution < 1.29 is 27.4 Å². The van der Waals surface area contributed by atoms with Crippen molar-refractivity contribution in [1.29, 1.82) is 0 Å². The SMILES string of the molecule is C/C=C(\NCC(c1ccc(F)cc1)c1cc(C)c(CC)c(-c2cc(Cl)c(F)cc2F)n1)c1cc(/C=N/C(C)F)c(N)c(OC)c1.C=C.CCC.CN.CO. The Morgan fingerprint density at radius 2 is 1.61 bits per heavy atom. The molecule has 7 nitrogen and oxygen atoms in total. The Labute approximate surface area is 323 Å². The molecule has 1 aromatic heterocycles. The van der Waals surface area contributed by atoms with E-state index < -0.39 is 23.8 Å². The number of aryl methyl sites for hydroxylation is 1. The van der Waals surface area contributed by atoms with Crippen LogP contribution < -0.4 is 21.5 Å². The van der Waals surface area contributed by atoms with Gasteiger partial charge in [0.25, 0.3) is 0 Å². The van der Waals surface area contributed by atoms with Crippen LogP contribution in [0.4, 0.5) is 23.2 Å². The summed E-state index contributed by atoms with van der Waals surface area (Å²) < 4.78 is 62.1. The van der Waals surface area contributed by atoms with Crippen molar-refractivity contribution in [2.75, 3.05) is 33.5 Å². The number of nitrogens with zero attached hydrogens (tertiary/aromatic N) is 2. The van der Waals surface area contributed by atoms with Crippen LogP contribution in [-0.4, -0.2) is 50.4 Å². The van der Waals surface area contributed by atoms with E-state index in [0.29, 0.717) is 52.6 Å². The summed E-state index contributed by atoms with van der Waals surface area (Å²) in [6.45, 7) is 17.6. The minimum atomic E-state index is -1.41. The molecule has 3 aromatic carbocycles. The number of aliphatic hydroxyl groups is 1. The number of hydrogen-bond acceptors (Lipinski definition) is 7. The summed E-state index contributed by atoms with van der Waals surface area (Å²) in [6.07, 6.45) is 3.63.